The first-order valence-electron chi connectivity index (χ1n) is 6.28. The van der Waals surface area contributed by atoms with E-state index in [4.69, 9.17) is 4.74 Å². The molecule has 0 amide bonds. The van der Waals surface area contributed by atoms with Gasteiger partial charge in [0.2, 0.25) is 0 Å². The molecule has 3 nitrogen and oxygen atoms in total. The molecule has 4 atom stereocenters. The van der Waals surface area contributed by atoms with Crippen LogP contribution in [0.3, 0.4) is 0 Å². The van der Waals surface area contributed by atoms with Gasteiger partial charge in [0.05, 0.1) is 0 Å². The number of ketones is 1. The molecule has 0 bridgehead atoms. The normalized spacial score (nSPS) is 47.0. The van der Waals surface area contributed by atoms with Crippen LogP contribution in [0.15, 0.2) is 11.6 Å². The Hall–Kier alpha value is -1.12. The molecule has 3 heteroatoms. The highest BCUT2D eigenvalue weighted by Crippen LogP contribution is 2.76. The fourth-order valence-corrected chi connectivity index (χ4v) is 4.11. The number of ether oxygens (including phenoxy) is 1. The van der Waals surface area contributed by atoms with Gasteiger partial charge in [0.1, 0.15) is 6.10 Å². The summed E-state index contributed by atoms with van der Waals surface area (Å²) in [5.74, 6) is 0.498. The van der Waals surface area contributed by atoms with E-state index in [0.717, 1.165) is 18.4 Å². The maximum Gasteiger partial charge on any atom is 0.302 e. The maximum absolute atomic E-state index is 11.9. The number of hydrogen-bond acceptors (Lipinski definition) is 3. The molecule has 2 fully saturated rings. The summed E-state index contributed by atoms with van der Waals surface area (Å²) < 4.78 is 5.41. The second-order valence-corrected chi connectivity index (χ2v) is 6.19. The van der Waals surface area contributed by atoms with Crippen molar-refractivity contribution in [3.63, 3.8) is 0 Å². The predicted molar refractivity (Wildman–Crippen MR) is 62.2 cm³/mol. The van der Waals surface area contributed by atoms with Crippen molar-refractivity contribution in [1.82, 2.24) is 0 Å². The van der Waals surface area contributed by atoms with E-state index in [-0.39, 0.29) is 28.7 Å². The smallest absolute Gasteiger partial charge is 0.302 e. The Labute approximate surface area is 101 Å². The Balaban J connectivity index is 1.93. The van der Waals surface area contributed by atoms with Crippen LogP contribution in [0, 0.1) is 16.7 Å². The third kappa shape index (κ3) is 1.28. The molecule has 0 aromatic rings. The van der Waals surface area contributed by atoms with Crippen LogP contribution < -0.4 is 0 Å². The molecule has 92 valence electrons. The first-order chi connectivity index (χ1) is 7.88. The van der Waals surface area contributed by atoms with Crippen molar-refractivity contribution in [3.8, 4) is 0 Å². The van der Waals surface area contributed by atoms with E-state index < -0.39 is 0 Å². The van der Waals surface area contributed by atoms with Crippen LogP contribution in [0.4, 0.5) is 0 Å². The van der Waals surface area contributed by atoms with E-state index in [1.165, 1.54) is 6.92 Å². The molecule has 0 N–H and O–H groups in total. The molecule has 0 aromatic heterocycles. The van der Waals surface area contributed by atoms with Gasteiger partial charge in [0, 0.05) is 24.7 Å². The minimum absolute atomic E-state index is 0.00831. The molecule has 0 unspecified atom stereocenters. The van der Waals surface area contributed by atoms with Crippen LogP contribution >= 0.6 is 0 Å². The SMILES string of the molecule is CC(=O)O[C@H]1C[C@@]2(C)CC(=O)C(C)=C[C@@]23C[C@@H]13. The first-order valence-corrected chi connectivity index (χ1v) is 6.28. The lowest BCUT2D eigenvalue weighted by atomic mass is 9.66. The van der Waals surface area contributed by atoms with Gasteiger partial charge < -0.3 is 4.74 Å². The molecule has 0 aliphatic heterocycles. The van der Waals surface area contributed by atoms with Gasteiger partial charge in [-0.15, -0.1) is 0 Å². The van der Waals surface area contributed by atoms with Gasteiger partial charge in [0.25, 0.3) is 0 Å². The quantitative estimate of drug-likeness (QED) is 0.654. The van der Waals surface area contributed by atoms with Crippen LogP contribution in [-0.2, 0) is 14.3 Å². The van der Waals surface area contributed by atoms with E-state index in [2.05, 4.69) is 13.0 Å². The monoisotopic (exact) mass is 234 g/mol. The van der Waals surface area contributed by atoms with Gasteiger partial charge >= 0.3 is 5.97 Å². The lowest BCUT2D eigenvalue weighted by Crippen LogP contribution is -2.33. The van der Waals surface area contributed by atoms with Crippen molar-refractivity contribution >= 4 is 11.8 Å². The summed E-state index contributed by atoms with van der Waals surface area (Å²) in [4.78, 5) is 23.0. The van der Waals surface area contributed by atoms with E-state index in [1.807, 2.05) is 6.92 Å². The molecule has 3 rings (SSSR count). The zero-order valence-corrected chi connectivity index (χ0v) is 10.6. The Morgan fingerprint density at radius 1 is 1.47 bits per heavy atom. The molecule has 17 heavy (non-hydrogen) atoms. The van der Waals surface area contributed by atoms with Crippen LogP contribution in [0.25, 0.3) is 0 Å². The third-order valence-corrected chi connectivity index (χ3v) is 5.07. The Morgan fingerprint density at radius 3 is 2.82 bits per heavy atom. The lowest BCUT2D eigenvalue weighted by molar-refractivity contribution is -0.147. The van der Waals surface area contributed by atoms with Gasteiger partial charge in [-0.2, -0.15) is 0 Å². The standard InChI is InChI=1S/C14H18O3/c1-8-4-14-5-10(14)12(17-9(2)15)7-13(14,3)6-11(8)16/h4,10,12H,5-7H2,1-3H3/t10-,12-,13+,14-/m0/s1. The highest BCUT2D eigenvalue weighted by atomic mass is 16.5. The zero-order chi connectivity index (χ0) is 12.4. The number of hydrogen-bond donors (Lipinski definition) is 0. The topological polar surface area (TPSA) is 43.4 Å². The number of Topliss-reactive ketones (excluding diaryl/α,β-unsaturated/α-hetero) is 1. The summed E-state index contributed by atoms with van der Waals surface area (Å²) in [5.41, 5.74) is 1.05. The van der Waals surface area contributed by atoms with E-state index in [9.17, 15) is 9.59 Å². The van der Waals surface area contributed by atoms with Crippen LogP contribution in [-0.4, -0.2) is 17.9 Å². The number of esters is 1. The van der Waals surface area contributed by atoms with Crippen molar-refractivity contribution in [3.05, 3.63) is 11.6 Å². The summed E-state index contributed by atoms with van der Waals surface area (Å²) in [6, 6.07) is 0. The molecule has 0 radical (unpaired) electrons. The van der Waals surface area contributed by atoms with E-state index in [1.54, 1.807) is 0 Å². The fourth-order valence-electron chi connectivity index (χ4n) is 4.11. The average Bonchev–Trinajstić information content (AvgIpc) is 2.85. The number of carbonyl (C=O) groups is 2. The van der Waals surface area contributed by atoms with Crippen LogP contribution in [0.1, 0.15) is 40.0 Å². The molecule has 3 aliphatic rings. The third-order valence-electron chi connectivity index (χ3n) is 5.07. The van der Waals surface area contributed by atoms with Gasteiger partial charge in [-0.3, -0.25) is 9.59 Å². The number of allylic oxidation sites excluding steroid dienone is 2. The largest absolute Gasteiger partial charge is 0.462 e. The summed E-state index contributed by atoms with van der Waals surface area (Å²) >= 11 is 0. The Morgan fingerprint density at radius 2 is 2.18 bits per heavy atom. The van der Waals surface area contributed by atoms with Crippen molar-refractivity contribution in [2.24, 2.45) is 16.7 Å². The lowest BCUT2D eigenvalue weighted by Gasteiger charge is -2.36. The highest BCUT2D eigenvalue weighted by Gasteiger charge is 2.73. The van der Waals surface area contributed by atoms with Crippen LogP contribution in [0.2, 0.25) is 0 Å². The molecule has 1 spiro atoms. The van der Waals surface area contributed by atoms with Gasteiger partial charge in [-0.1, -0.05) is 13.0 Å². The van der Waals surface area contributed by atoms with Crippen LogP contribution in [0.5, 0.6) is 0 Å². The Bertz CT molecular complexity index is 450. The highest BCUT2D eigenvalue weighted by molar-refractivity contribution is 5.97. The zero-order valence-electron chi connectivity index (χ0n) is 10.6. The molecule has 0 saturated heterocycles. The molecule has 0 heterocycles. The molecular formula is C14H18O3. The summed E-state index contributed by atoms with van der Waals surface area (Å²) in [6.45, 7) is 5.55. The first kappa shape index (κ1) is 11.0. The average molecular weight is 234 g/mol. The minimum Gasteiger partial charge on any atom is -0.462 e. The van der Waals surface area contributed by atoms with Crippen molar-refractivity contribution in [1.29, 1.82) is 0 Å². The summed E-state index contributed by atoms with van der Waals surface area (Å²) in [6.07, 6.45) is 4.71. The van der Waals surface area contributed by atoms with E-state index in [0.29, 0.717) is 12.3 Å². The second kappa shape index (κ2) is 3.01. The van der Waals surface area contributed by atoms with Gasteiger partial charge in [-0.25, -0.2) is 0 Å². The van der Waals surface area contributed by atoms with Crippen molar-refractivity contribution in [2.45, 2.75) is 46.1 Å². The fraction of sp³-hybridized carbons (Fsp3) is 0.714. The van der Waals surface area contributed by atoms with Gasteiger partial charge in [-0.05, 0) is 30.8 Å². The molecule has 2 saturated carbocycles. The molecule has 0 aromatic carbocycles. The minimum atomic E-state index is -0.202. The van der Waals surface area contributed by atoms with E-state index >= 15 is 0 Å². The number of carbonyl (C=O) groups excluding carboxylic acids is 2. The van der Waals surface area contributed by atoms with Crippen molar-refractivity contribution in [2.75, 3.05) is 0 Å². The summed E-state index contributed by atoms with van der Waals surface area (Å²) in [5, 5.41) is 0. The second-order valence-electron chi connectivity index (χ2n) is 6.19. The van der Waals surface area contributed by atoms with Crippen molar-refractivity contribution < 1.29 is 14.3 Å². The van der Waals surface area contributed by atoms with Gasteiger partial charge in [0.15, 0.2) is 5.78 Å². The summed E-state index contributed by atoms with van der Waals surface area (Å²) in [7, 11) is 0. The molecular weight excluding hydrogens is 216 g/mol. The molecule has 3 aliphatic carbocycles. The predicted octanol–water partition coefficient (Wildman–Crippen LogP) is 2.25. The maximum atomic E-state index is 11.9. The number of rotatable bonds is 1. The Kier molecular flexibility index (Phi) is 1.94.